The van der Waals surface area contributed by atoms with Gasteiger partial charge in [0.2, 0.25) is 5.91 Å². The summed E-state index contributed by atoms with van der Waals surface area (Å²) in [6.07, 6.45) is 4.15. The predicted molar refractivity (Wildman–Crippen MR) is 130 cm³/mol. The largest absolute Gasteiger partial charge is 0.351 e. The zero-order chi connectivity index (χ0) is 23.8. The normalized spacial score (nSPS) is 13.5. The maximum atomic E-state index is 12.5. The van der Waals surface area contributed by atoms with Gasteiger partial charge >= 0.3 is 0 Å². The molecule has 174 valence electrons. The fourth-order valence-corrected chi connectivity index (χ4v) is 4.50. The maximum absolute atomic E-state index is 12.5. The van der Waals surface area contributed by atoms with Crippen LogP contribution in [-0.4, -0.2) is 75.5 Å². The van der Waals surface area contributed by atoms with E-state index in [4.69, 9.17) is 4.98 Å². The Balaban J connectivity index is 1.57. The van der Waals surface area contributed by atoms with E-state index in [0.717, 1.165) is 46.0 Å². The molecule has 0 bridgehead atoms. The van der Waals surface area contributed by atoms with Gasteiger partial charge < -0.3 is 15.1 Å². The van der Waals surface area contributed by atoms with Crippen LogP contribution in [0.4, 0.5) is 0 Å². The first-order valence-electron chi connectivity index (χ1n) is 11.3. The standard InChI is InChI=1S/C25H27N7O2/c1-15(33)32-10-8-17-19(14-32)24(29-21-7-6-20-18(23(17)21)13-28-30-20)22-5-4-16(12-27-22)25(34)26-9-11-31(2)3/h4-7,12-13H,8-11,14H2,1-3H3,(H,26,34)(H,28,30). The van der Waals surface area contributed by atoms with E-state index in [1.807, 2.05) is 48.3 Å². The molecule has 0 fully saturated rings. The first-order valence-corrected chi connectivity index (χ1v) is 11.3. The van der Waals surface area contributed by atoms with Crippen LogP contribution in [0.5, 0.6) is 0 Å². The zero-order valence-electron chi connectivity index (χ0n) is 19.6. The lowest BCUT2D eigenvalue weighted by atomic mass is 9.91. The Hall–Kier alpha value is -3.85. The molecule has 0 aliphatic carbocycles. The Morgan fingerprint density at radius 2 is 2.00 bits per heavy atom. The van der Waals surface area contributed by atoms with E-state index in [9.17, 15) is 9.59 Å². The highest BCUT2D eigenvalue weighted by atomic mass is 16.2. The van der Waals surface area contributed by atoms with Crippen molar-refractivity contribution in [2.75, 3.05) is 33.7 Å². The van der Waals surface area contributed by atoms with Gasteiger partial charge in [-0.1, -0.05) is 0 Å². The lowest BCUT2D eigenvalue weighted by Gasteiger charge is -2.30. The van der Waals surface area contributed by atoms with E-state index in [1.54, 1.807) is 19.2 Å². The number of aromatic nitrogens is 4. The summed E-state index contributed by atoms with van der Waals surface area (Å²) in [7, 11) is 3.93. The van der Waals surface area contributed by atoms with Gasteiger partial charge in [-0.05, 0) is 50.3 Å². The summed E-state index contributed by atoms with van der Waals surface area (Å²) in [5.41, 5.74) is 5.93. The van der Waals surface area contributed by atoms with Crippen LogP contribution in [0.2, 0.25) is 0 Å². The van der Waals surface area contributed by atoms with Gasteiger partial charge in [0.25, 0.3) is 5.91 Å². The number of benzene rings is 1. The van der Waals surface area contributed by atoms with Gasteiger partial charge in [0.1, 0.15) is 0 Å². The fourth-order valence-electron chi connectivity index (χ4n) is 4.50. The second-order valence-electron chi connectivity index (χ2n) is 8.89. The third-order valence-electron chi connectivity index (χ3n) is 6.33. The van der Waals surface area contributed by atoms with Gasteiger partial charge in [-0.15, -0.1) is 0 Å². The smallest absolute Gasteiger partial charge is 0.252 e. The van der Waals surface area contributed by atoms with Gasteiger partial charge in [0.05, 0.1) is 34.2 Å². The lowest BCUT2D eigenvalue weighted by Crippen LogP contribution is -2.35. The van der Waals surface area contributed by atoms with Gasteiger partial charge in [0, 0.05) is 55.6 Å². The molecular weight excluding hydrogens is 430 g/mol. The van der Waals surface area contributed by atoms with Gasteiger partial charge in [-0.2, -0.15) is 5.10 Å². The molecule has 0 radical (unpaired) electrons. The summed E-state index contributed by atoms with van der Waals surface area (Å²) in [6, 6.07) is 7.57. The van der Waals surface area contributed by atoms with Crippen molar-refractivity contribution in [3.63, 3.8) is 0 Å². The number of likely N-dealkylation sites (N-methyl/N-ethyl adjacent to an activating group) is 1. The van der Waals surface area contributed by atoms with E-state index >= 15 is 0 Å². The average molecular weight is 458 g/mol. The second kappa shape index (κ2) is 8.83. The summed E-state index contributed by atoms with van der Waals surface area (Å²) in [6.45, 7) is 4.06. The fraction of sp³-hybridized carbons (Fsp3) is 0.320. The van der Waals surface area contributed by atoms with Crippen LogP contribution in [0.15, 0.2) is 36.7 Å². The first kappa shape index (κ1) is 22.0. The molecule has 2 N–H and O–H groups in total. The Bertz CT molecular complexity index is 1390. The summed E-state index contributed by atoms with van der Waals surface area (Å²) in [5.74, 6) is -0.115. The molecule has 2 amide bonds. The summed E-state index contributed by atoms with van der Waals surface area (Å²) in [5, 5.41) is 12.3. The van der Waals surface area contributed by atoms with Crippen molar-refractivity contribution < 1.29 is 9.59 Å². The van der Waals surface area contributed by atoms with E-state index in [0.29, 0.717) is 30.9 Å². The van der Waals surface area contributed by atoms with Crippen LogP contribution >= 0.6 is 0 Å². The number of carbonyl (C=O) groups is 2. The number of nitrogens with zero attached hydrogens (tertiary/aromatic N) is 5. The number of amides is 2. The van der Waals surface area contributed by atoms with Crippen LogP contribution < -0.4 is 5.32 Å². The predicted octanol–water partition coefficient (Wildman–Crippen LogP) is 2.37. The number of hydrogen-bond donors (Lipinski definition) is 2. The molecule has 4 heterocycles. The minimum atomic E-state index is -0.153. The molecule has 0 saturated carbocycles. The zero-order valence-corrected chi connectivity index (χ0v) is 19.6. The highest BCUT2D eigenvalue weighted by Crippen LogP contribution is 2.36. The van der Waals surface area contributed by atoms with E-state index in [2.05, 4.69) is 20.5 Å². The van der Waals surface area contributed by atoms with Crippen molar-refractivity contribution >= 4 is 33.6 Å². The molecule has 4 aromatic rings. The quantitative estimate of drug-likeness (QED) is 0.477. The van der Waals surface area contributed by atoms with Crippen molar-refractivity contribution in [3.8, 4) is 11.4 Å². The van der Waals surface area contributed by atoms with Crippen molar-refractivity contribution in [1.29, 1.82) is 0 Å². The monoisotopic (exact) mass is 457 g/mol. The molecule has 1 aromatic carbocycles. The molecule has 9 nitrogen and oxygen atoms in total. The molecule has 1 aliphatic heterocycles. The first-order chi connectivity index (χ1) is 16.4. The van der Waals surface area contributed by atoms with Crippen molar-refractivity contribution in [1.82, 2.24) is 35.3 Å². The van der Waals surface area contributed by atoms with Crippen LogP contribution in [0.25, 0.3) is 33.2 Å². The van der Waals surface area contributed by atoms with E-state index in [1.165, 1.54) is 5.56 Å². The van der Waals surface area contributed by atoms with Gasteiger partial charge in [-0.25, -0.2) is 4.98 Å². The maximum Gasteiger partial charge on any atom is 0.252 e. The molecule has 0 spiro atoms. The summed E-state index contributed by atoms with van der Waals surface area (Å²) < 4.78 is 0. The Labute approximate surface area is 197 Å². The Morgan fingerprint density at radius 1 is 1.15 bits per heavy atom. The number of H-pyrrole nitrogens is 1. The van der Waals surface area contributed by atoms with Crippen LogP contribution in [0, 0.1) is 0 Å². The number of rotatable bonds is 5. The molecule has 3 aromatic heterocycles. The van der Waals surface area contributed by atoms with E-state index in [-0.39, 0.29) is 11.8 Å². The molecule has 9 heteroatoms. The number of fused-ring (bicyclic) bond motifs is 5. The summed E-state index contributed by atoms with van der Waals surface area (Å²) in [4.78, 5) is 38.0. The van der Waals surface area contributed by atoms with Gasteiger partial charge in [-0.3, -0.25) is 19.7 Å². The molecular formula is C25H27N7O2. The molecule has 0 atom stereocenters. The number of nitrogens with one attached hydrogen (secondary N) is 2. The number of carbonyl (C=O) groups excluding carboxylic acids is 2. The molecule has 5 rings (SSSR count). The Morgan fingerprint density at radius 3 is 2.74 bits per heavy atom. The number of aromatic amines is 1. The topological polar surface area (TPSA) is 107 Å². The summed E-state index contributed by atoms with van der Waals surface area (Å²) >= 11 is 0. The SMILES string of the molecule is CC(=O)N1CCc2c(c(-c3ccc(C(=O)NCCN(C)C)cn3)nc3ccc4[nH]ncc4c23)C1. The molecule has 34 heavy (non-hydrogen) atoms. The lowest BCUT2D eigenvalue weighted by molar-refractivity contribution is -0.129. The van der Waals surface area contributed by atoms with Crippen LogP contribution in [0.1, 0.15) is 28.4 Å². The second-order valence-corrected chi connectivity index (χ2v) is 8.89. The number of pyridine rings is 2. The van der Waals surface area contributed by atoms with E-state index < -0.39 is 0 Å². The highest BCUT2D eigenvalue weighted by Gasteiger charge is 2.26. The Kier molecular flexibility index (Phi) is 5.70. The third-order valence-corrected chi connectivity index (χ3v) is 6.33. The van der Waals surface area contributed by atoms with Gasteiger partial charge in [0.15, 0.2) is 0 Å². The average Bonchev–Trinajstić information content (AvgIpc) is 3.32. The highest BCUT2D eigenvalue weighted by molar-refractivity contribution is 6.07. The van der Waals surface area contributed by atoms with Crippen LogP contribution in [0.3, 0.4) is 0 Å². The van der Waals surface area contributed by atoms with Crippen molar-refractivity contribution in [2.45, 2.75) is 19.9 Å². The molecule has 0 saturated heterocycles. The van der Waals surface area contributed by atoms with Crippen molar-refractivity contribution in [2.24, 2.45) is 0 Å². The van der Waals surface area contributed by atoms with Crippen LogP contribution in [-0.2, 0) is 17.8 Å². The third kappa shape index (κ3) is 3.99. The molecule has 1 aliphatic rings. The number of hydrogen-bond acceptors (Lipinski definition) is 6. The van der Waals surface area contributed by atoms with Crippen molar-refractivity contribution in [3.05, 3.63) is 53.3 Å². The molecule has 0 unspecified atom stereocenters. The minimum Gasteiger partial charge on any atom is -0.351 e. The minimum absolute atomic E-state index is 0.0379.